The van der Waals surface area contributed by atoms with Crippen LogP contribution in [0, 0.1) is 5.82 Å². The number of halogens is 1. The summed E-state index contributed by atoms with van der Waals surface area (Å²) in [6, 6.07) is 0.745. The molecule has 2 rings (SSSR count). The van der Waals surface area contributed by atoms with Crippen molar-refractivity contribution in [3.63, 3.8) is 0 Å². The van der Waals surface area contributed by atoms with Crippen LogP contribution in [0.1, 0.15) is 30.9 Å². The second-order valence-corrected chi connectivity index (χ2v) is 3.98. The van der Waals surface area contributed by atoms with Crippen molar-refractivity contribution in [1.82, 2.24) is 10.3 Å². The maximum atomic E-state index is 13.0. The number of nitrogens with zero attached hydrogens (tertiary/aromatic N) is 1. The number of carboxylic acids is 1. The van der Waals surface area contributed by atoms with Gasteiger partial charge in [0.15, 0.2) is 0 Å². The van der Waals surface area contributed by atoms with Crippen LogP contribution in [0.15, 0.2) is 18.5 Å². The highest BCUT2D eigenvalue weighted by Crippen LogP contribution is 2.25. The summed E-state index contributed by atoms with van der Waals surface area (Å²) in [5.41, 5.74) is 0.714. The Balaban J connectivity index is 2.12. The van der Waals surface area contributed by atoms with E-state index in [2.05, 4.69) is 10.3 Å². The standard InChI is InChI=1S/C11H13FN2O2/c12-8-4-7(5-13-6-8)9-2-1-3-10(14-9)11(15)16/h4-6,9-10,14H,1-3H2,(H,15,16). The van der Waals surface area contributed by atoms with Crippen LogP contribution < -0.4 is 5.32 Å². The highest BCUT2D eigenvalue weighted by molar-refractivity contribution is 5.73. The summed E-state index contributed by atoms with van der Waals surface area (Å²) in [7, 11) is 0. The lowest BCUT2D eigenvalue weighted by atomic mass is 9.94. The maximum absolute atomic E-state index is 13.0. The predicted octanol–water partition coefficient (Wildman–Crippen LogP) is 1.49. The Labute approximate surface area is 92.5 Å². The summed E-state index contributed by atoms with van der Waals surface area (Å²) in [6.45, 7) is 0. The lowest BCUT2D eigenvalue weighted by Gasteiger charge is -2.28. The van der Waals surface area contributed by atoms with Gasteiger partial charge < -0.3 is 5.11 Å². The summed E-state index contributed by atoms with van der Waals surface area (Å²) >= 11 is 0. The number of hydrogen-bond donors (Lipinski definition) is 2. The van der Waals surface area contributed by atoms with E-state index in [0.29, 0.717) is 12.0 Å². The van der Waals surface area contributed by atoms with Gasteiger partial charge in [0.2, 0.25) is 0 Å². The molecule has 1 saturated heterocycles. The third kappa shape index (κ3) is 2.36. The number of carboxylic acid groups (broad SMARTS) is 1. The molecule has 2 atom stereocenters. The number of carbonyl (C=O) groups is 1. The zero-order valence-corrected chi connectivity index (χ0v) is 8.69. The van der Waals surface area contributed by atoms with Crippen LogP contribution in [-0.4, -0.2) is 22.1 Å². The zero-order chi connectivity index (χ0) is 11.5. The second kappa shape index (κ2) is 4.57. The lowest BCUT2D eigenvalue weighted by molar-refractivity contribution is -0.140. The molecule has 0 amide bonds. The molecule has 4 nitrogen and oxygen atoms in total. The molecule has 1 aliphatic rings. The Morgan fingerprint density at radius 2 is 2.31 bits per heavy atom. The highest BCUT2D eigenvalue weighted by atomic mass is 19.1. The van der Waals surface area contributed by atoms with Crippen molar-refractivity contribution in [1.29, 1.82) is 0 Å². The molecule has 1 aromatic heterocycles. The van der Waals surface area contributed by atoms with Crippen molar-refractivity contribution in [2.75, 3.05) is 0 Å². The Morgan fingerprint density at radius 3 is 3.00 bits per heavy atom. The van der Waals surface area contributed by atoms with Crippen molar-refractivity contribution in [2.45, 2.75) is 31.3 Å². The van der Waals surface area contributed by atoms with E-state index in [1.54, 1.807) is 6.20 Å². The molecular formula is C11H13FN2O2. The van der Waals surface area contributed by atoms with Gasteiger partial charge in [-0.05, 0) is 30.9 Å². The minimum Gasteiger partial charge on any atom is -0.480 e. The number of piperidine rings is 1. The lowest BCUT2D eigenvalue weighted by Crippen LogP contribution is -2.42. The number of hydrogen-bond acceptors (Lipinski definition) is 3. The number of pyridine rings is 1. The Kier molecular flexibility index (Phi) is 3.14. The highest BCUT2D eigenvalue weighted by Gasteiger charge is 2.26. The van der Waals surface area contributed by atoms with Crippen LogP contribution in [0.4, 0.5) is 4.39 Å². The largest absolute Gasteiger partial charge is 0.480 e. The van der Waals surface area contributed by atoms with E-state index in [0.717, 1.165) is 19.0 Å². The van der Waals surface area contributed by atoms with Gasteiger partial charge in [-0.2, -0.15) is 0 Å². The van der Waals surface area contributed by atoms with Crippen molar-refractivity contribution in [3.8, 4) is 0 Å². The molecule has 5 heteroatoms. The fraction of sp³-hybridized carbons (Fsp3) is 0.455. The van der Waals surface area contributed by atoms with Crippen LogP contribution in [0.2, 0.25) is 0 Å². The van der Waals surface area contributed by atoms with Gasteiger partial charge >= 0.3 is 5.97 Å². The first-order valence-electron chi connectivity index (χ1n) is 5.26. The molecule has 1 aliphatic heterocycles. The van der Waals surface area contributed by atoms with Gasteiger partial charge in [0.05, 0.1) is 6.20 Å². The minimum atomic E-state index is -0.853. The van der Waals surface area contributed by atoms with Crippen molar-refractivity contribution in [3.05, 3.63) is 29.8 Å². The smallest absolute Gasteiger partial charge is 0.320 e. The molecule has 0 radical (unpaired) electrons. The van der Waals surface area contributed by atoms with Gasteiger partial charge in [0.1, 0.15) is 11.9 Å². The molecule has 1 fully saturated rings. The Bertz CT molecular complexity index is 397. The van der Waals surface area contributed by atoms with Gasteiger partial charge in [-0.25, -0.2) is 4.39 Å². The van der Waals surface area contributed by atoms with Crippen molar-refractivity contribution >= 4 is 5.97 Å². The summed E-state index contributed by atoms with van der Waals surface area (Å²) in [5.74, 6) is -1.24. The zero-order valence-electron chi connectivity index (χ0n) is 8.69. The van der Waals surface area contributed by atoms with Gasteiger partial charge in [0.25, 0.3) is 0 Å². The van der Waals surface area contributed by atoms with Gasteiger partial charge in [-0.1, -0.05) is 0 Å². The summed E-state index contributed by atoms with van der Waals surface area (Å²) < 4.78 is 13.0. The fourth-order valence-electron chi connectivity index (χ4n) is 2.01. The normalized spacial score (nSPS) is 25.3. The number of nitrogens with one attached hydrogen (secondary N) is 1. The van der Waals surface area contributed by atoms with E-state index in [-0.39, 0.29) is 6.04 Å². The number of aliphatic carboxylic acids is 1. The summed E-state index contributed by atoms with van der Waals surface area (Å²) in [5, 5.41) is 11.9. The van der Waals surface area contributed by atoms with Gasteiger partial charge in [-0.3, -0.25) is 15.1 Å². The quantitative estimate of drug-likeness (QED) is 0.798. The topological polar surface area (TPSA) is 62.2 Å². The molecule has 1 aromatic rings. The Hall–Kier alpha value is -1.49. The predicted molar refractivity (Wildman–Crippen MR) is 55.3 cm³/mol. The second-order valence-electron chi connectivity index (χ2n) is 3.98. The molecule has 0 aliphatic carbocycles. The number of aromatic nitrogens is 1. The average molecular weight is 224 g/mol. The first-order valence-corrected chi connectivity index (χ1v) is 5.26. The third-order valence-corrected chi connectivity index (χ3v) is 2.81. The maximum Gasteiger partial charge on any atom is 0.320 e. The van der Waals surface area contributed by atoms with Gasteiger partial charge in [-0.15, -0.1) is 0 Å². The van der Waals surface area contributed by atoms with E-state index < -0.39 is 17.8 Å². The first-order chi connectivity index (χ1) is 7.66. The third-order valence-electron chi connectivity index (χ3n) is 2.81. The molecular weight excluding hydrogens is 211 g/mol. The van der Waals surface area contributed by atoms with E-state index in [1.165, 1.54) is 6.07 Å². The van der Waals surface area contributed by atoms with Crippen LogP contribution in [0.25, 0.3) is 0 Å². The van der Waals surface area contributed by atoms with E-state index in [1.807, 2.05) is 0 Å². The molecule has 2 N–H and O–H groups in total. The van der Waals surface area contributed by atoms with Crippen LogP contribution in [0.3, 0.4) is 0 Å². The summed E-state index contributed by atoms with van der Waals surface area (Å²) in [4.78, 5) is 14.6. The molecule has 2 unspecified atom stereocenters. The SMILES string of the molecule is O=C(O)C1CCCC(c2cncc(F)c2)N1. The van der Waals surface area contributed by atoms with Crippen LogP contribution in [-0.2, 0) is 4.79 Å². The molecule has 86 valence electrons. The first kappa shape index (κ1) is 11.0. The van der Waals surface area contributed by atoms with E-state index >= 15 is 0 Å². The van der Waals surface area contributed by atoms with Crippen LogP contribution in [0.5, 0.6) is 0 Å². The van der Waals surface area contributed by atoms with Crippen molar-refractivity contribution < 1.29 is 14.3 Å². The van der Waals surface area contributed by atoms with Crippen molar-refractivity contribution in [2.24, 2.45) is 0 Å². The molecule has 16 heavy (non-hydrogen) atoms. The average Bonchev–Trinajstić information content (AvgIpc) is 2.29. The molecule has 0 aromatic carbocycles. The minimum absolute atomic E-state index is 0.113. The van der Waals surface area contributed by atoms with Gasteiger partial charge in [0, 0.05) is 12.2 Å². The van der Waals surface area contributed by atoms with E-state index in [4.69, 9.17) is 5.11 Å². The monoisotopic (exact) mass is 224 g/mol. The fourth-order valence-corrected chi connectivity index (χ4v) is 2.01. The number of rotatable bonds is 2. The van der Waals surface area contributed by atoms with Crippen LogP contribution >= 0.6 is 0 Å². The summed E-state index contributed by atoms with van der Waals surface area (Å²) in [6.07, 6.45) is 4.97. The van der Waals surface area contributed by atoms with E-state index in [9.17, 15) is 9.18 Å². The molecule has 0 saturated carbocycles. The molecule has 2 heterocycles. The molecule has 0 bridgehead atoms. The molecule has 0 spiro atoms. The Morgan fingerprint density at radius 1 is 1.50 bits per heavy atom.